The third-order valence-corrected chi connectivity index (χ3v) is 6.09. The molecule has 2 aliphatic heterocycles. The second-order valence-corrected chi connectivity index (χ2v) is 9.33. The van der Waals surface area contributed by atoms with Crippen LogP contribution in [0.1, 0.15) is 25.0 Å². The van der Waals surface area contributed by atoms with Crippen LogP contribution in [-0.2, 0) is 17.8 Å². The molecule has 180 valence electrons. The van der Waals surface area contributed by atoms with Crippen molar-refractivity contribution < 1.29 is 9.84 Å². The van der Waals surface area contributed by atoms with E-state index >= 15 is 0 Å². The van der Waals surface area contributed by atoms with Crippen molar-refractivity contribution in [1.29, 1.82) is 0 Å². The molecule has 0 saturated carbocycles. The standard InChI is InChI=1S/C24H42N6O2/c1-4-25-23(27-19-24(2,31)20-30-13-15-32-16-14-30)26-17-21-5-7-22(8-6-21)18-29-11-9-28(3)10-12-29/h5-8,31H,4,9-20H2,1-3H3,(H2,25,26,27). The van der Waals surface area contributed by atoms with Gasteiger partial charge in [0.2, 0.25) is 0 Å². The van der Waals surface area contributed by atoms with Gasteiger partial charge in [0.1, 0.15) is 0 Å². The lowest BCUT2D eigenvalue weighted by atomic mass is 10.1. The van der Waals surface area contributed by atoms with Gasteiger partial charge in [0.15, 0.2) is 5.96 Å². The minimum Gasteiger partial charge on any atom is -0.387 e. The largest absolute Gasteiger partial charge is 0.387 e. The fourth-order valence-electron chi connectivity index (χ4n) is 4.10. The van der Waals surface area contributed by atoms with Crippen molar-refractivity contribution in [3.63, 3.8) is 0 Å². The monoisotopic (exact) mass is 446 g/mol. The van der Waals surface area contributed by atoms with Crippen LogP contribution in [0.25, 0.3) is 0 Å². The van der Waals surface area contributed by atoms with Gasteiger partial charge in [-0.2, -0.15) is 0 Å². The molecule has 2 fully saturated rings. The first-order valence-electron chi connectivity index (χ1n) is 12.0. The van der Waals surface area contributed by atoms with E-state index in [-0.39, 0.29) is 0 Å². The van der Waals surface area contributed by atoms with Gasteiger partial charge in [0.25, 0.3) is 0 Å². The minimum atomic E-state index is -0.835. The molecule has 2 saturated heterocycles. The van der Waals surface area contributed by atoms with Crippen LogP contribution in [-0.4, -0.2) is 111 Å². The molecule has 8 heteroatoms. The van der Waals surface area contributed by atoms with E-state index in [0.717, 1.165) is 71.5 Å². The number of likely N-dealkylation sites (N-methyl/N-ethyl adjacent to an activating group) is 1. The Bertz CT molecular complexity index is 695. The lowest BCUT2D eigenvalue weighted by molar-refractivity contribution is -0.0201. The number of rotatable bonds is 9. The number of β-amino-alcohol motifs (C(OH)–C–C–N with tert-alkyl or cyclic N) is 1. The van der Waals surface area contributed by atoms with Crippen molar-refractivity contribution >= 4 is 5.96 Å². The quantitative estimate of drug-likeness (QED) is 0.378. The summed E-state index contributed by atoms with van der Waals surface area (Å²) in [6.45, 7) is 15.2. The van der Waals surface area contributed by atoms with Crippen LogP contribution in [0.2, 0.25) is 0 Å². The van der Waals surface area contributed by atoms with Crippen LogP contribution < -0.4 is 10.6 Å². The average molecular weight is 447 g/mol. The number of aliphatic hydroxyl groups is 1. The molecule has 1 unspecified atom stereocenters. The van der Waals surface area contributed by atoms with Gasteiger partial charge in [-0.25, -0.2) is 4.99 Å². The Labute approximate surface area is 193 Å². The predicted molar refractivity (Wildman–Crippen MR) is 130 cm³/mol. The minimum absolute atomic E-state index is 0.445. The molecule has 1 atom stereocenters. The summed E-state index contributed by atoms with van der Waals surface area (Å²) in [4.78, 5) is 11.9. The molecule has 32 heavy (non-hydrogen) atoms. The summed E-state index contributed by atoms with van der Waals surface area (Å²) in [6, 6.07) is 8.79. The zero-order valence-electron chi connectivity index (χ0n) is 20.1. The first-order chi connectivity index (χ1) is 15.4. The Morgan fingerprint density at radius 1 is 1.00 bits per heavy atom. The molecular formula is C24H42N6O2. The van der Waals surface area contributed by atoms with Gasteiger partial charge in [0.05, 0.1) is 25.4 Å². The number of hydrogen-bond acceptors (Lipinski definition) is 6. The molecule has 0 radical (unpaired) electrons. The van der Waals surface area contributed by atoms with Gasteiger partial charge in [-0.1, -0.05) is 24.3 Å². The molecule has 8 nitrogen and oxygen atoms in total. The second kappa shape index (κ2) is 12.5. The zero-order chi connectivity index (χ0) is 22.8. The third kappa shape index (κ3) is 8.67. The molecule has 0 spiro atoms. The highest BCUT2D eigenvalue weighted by Crippen LogP contribution is 2.11. The summed E-state index contributed by atoms with van der Waals surface area (Å²) >= 11 is 0. The van der Waals surface area contributed by atoms with Crippen molar-refractivity contribution in [2.75, 3.05) is 79.2 Å². The summed E-state index contributed by atoms with van der Waals surface area (Å²) in [5.41, 5.74) is 1.70. The summed E-state index contributed by atoms with van der Waals surface area (Å²) in [5, 5.41) is 17.4. The van der Waals surface area contributed by atoms with Crippen molar-refractivity contribution in [2.24, 2.45) is 4.99 Å². The van der Waals surface area contributed by atoms with Crippen LogP contribution in [0.15, 0.2) is 29.3 Å². The lowest BCUT2D eigenvalue weighted by Gasteiger charge is -2.34. The van der Waals surface area contributed by atoms with Gasteiger partial charge in [-0.15, -0.1) is 0 Å². The van der Waals surface area contributed by atoms with Crippen LogP contribution in [0, 0.1) is 0 Å². The first-order valence-corrected chi connectivity index (χ1v) is 12.0. The Kier molecular flexibility index (Phi) is 9.74. The van der Waals surface area contributed by atoms with Crippen molar-refractivity contribution in [1.82, 2.24) is 25.3 Å². The number of nitrogens with zero attached hydrogens (tertiary/aromatic N) is 4. The van der Waals surface area contributed by atoms with Crippen LogP contribution in [0.4, 0.5) is 0 Å². The molecule has 0 amide bonds. The van der Waals surface area contributed by atoms with Crippen LogP contribution >= 0.6 is 0 Å². The summed E-state index contributed by atoms with van der Waals surface area (Å²) < 4.78 is 5.40. The first kappa shape index (κ1) is 24.9. The predicted octanol–water partition coefficient (Wildman–Crippen LogP) is 0.572. The topological polar surface area (TPSA) is 75.6 Å². The Morgan fingerprint density at radius 3 is 2.31 bits per heavy atom. The normalized spacial score (nSPS) is 21.3. The number of benzene rings is 1. The van der Waals surface area contributed by atoms with Gasteiger partial charge in [0, 0.05) is 65.4 Å². The maximum atomic E-state index is 10.8. The van der Waals surface area contributed by atoms with Crippen LogP contribution in [0.5, 0.6) is 0 Å². The third-order valence-electron chi connectivity index (χ3n) is 6.09. The molecule has 1 aromatic rings. The second-order valence-electron chi connectivity index (χ2n) is 9.33. The molecule has 0 aliphatic carbocycles. The Balaban J connectivity index is 1.47. The molecule has 3 rings (SSSR count). The molecule has 2 heterocycles. The van der Waals surface area contributed by atoms with E-state index in [9.17, 15) is 5.11 Å². The number of aliphatic imine (C=N–C) groups is 1. The van der Waals surface area contributed by atoms with Gasteiger partial charge < -0.3 is 25.4 Å². The highest BCUT2D eigenvalue weighted by molar-refractivity contribution is 5.79. The molecule has 3 N–H and O–H groups in total. The van der Waals surface area contributed by atoms with E-state index in [1.54, 1.807) is 0 Å². The highest BCUT2D eigenvalue weighted by Gasteiger charge is 2.25. The zero-order valence-corrected chi connectivity index (χ0v) is 20.1. The maximum absolute atomic E-state index is 10.8. The molecular weight excluding hydrogens is 404 g/mol. The molecule has 2 aliphatic rings. The summed E-state index contributed by atoms with van der Waals surface area (Å²) in [6.07, 6.45) is 0. The molecule has 0 bridgehead atoms. The summed E-state index contributed by atoms with van der Waals surface area (Å²) in [7, 11) is 2.19. The smallest absolute Gasteiger partial charge is 0.191 e. The SMILES string of the molecule is CCNC(=NCc1ccc(CN2CCN(C)CC2)cc1)NCC(C)(O)CN1CCOCC1. The number of guanidine groups is 1. The van der Waals surface area contributed by atoms with E-state index in [0.29, 0.717) is 19.6 Å². The molecule has 0 aromatic heterocycles. The number of morpholine rings is 1. The van der Waals surface area contributed by atoms with Gasteiger partial charge in [-0.3, -0.25) is 9.80 Å². The average Bonchev–Trinajstić information content (AvgIpc) is 2.79. The number of piperazine rings is 1. The van der Waals surface area contributed by atoms with E-state index < -0.39 is 5.60 Å². The highest BCUT2D eigenvalue weighted by atomic mass is 16.5. The Hall–Kier alpha value is -1.71. The molecule has 1 aromatic carbocycles. The van der Waals surface area contributed by atoms with E-state index in [4.69, 9.17) is 9.73 Å². The van der Waals surface area contributed by atoms with E-state index in [1.165, 1.54) is 11.1 Å². The fourth-order valence-corrected chi connectivity index (χ4v) is 4.10. The van der Waals surface area contributed by atoms with E-state index in [1.807, 2.05) is 6.92 Å². The van der Waals surface area contributed by atoms with Crippen molar-refractivity contribution in [3.8, 4) is 0 Å². The van der Waals surface area contributed by atoms with E-state index in [2.05, 4.69) is 63.6 Å². The Morgan fingerprint density at radius 2 is 1.66 bits per heavy atom. The van der Waals surface area contributed by atoms with Crippen molar-refractivity contribution in [2.45, 2.75) is 32.5 Å². The number of nitrogens with one attached hydrogen (secondary N) is 2. The van der Waals surface area contributed by atoms with Crippen molar-refractivity contribution in [3.05, 3.63) is 35.4 Å². The number of hydrogen-bond donors (Lipinski definition) is 3. The van der Waals surface area contributed by atoms with Gasteiger partial charge >= 0.3 is 0 Å². The van der Waals surface area contributed by atoms with Crippen LogP contribution in [0.3, 0.4) is 0 Å². The lowest BCUT2D eigenvalue weighted by Crippen LogP contribution is -2.52. The summed E-state index contributed by atoms with van der Waals surface area (Å²) in [5.74, 6) is 0.733. The fraction of sp³-hybridized carbons (Fsp3) is 0.708. The number of ether oxygens (including phenoxy) is 1. The van der Waals surface area contributed by atoms with Gasteiger partial charge in [-0.05, 0) is 32.0 Å². The maximum Gasteiger partial charge on any atom is 0.191 e.